The van der Waals surface area contributed by atoms with Crippen LogP contribution in [0.2, 0.25) is 0 Å². The lowest BCUT2D eigenvalue weighted by Crippen LogP contribution is -2.10. The number of aromatic nitrogens is 1. The molecule has 0 saturated carbocycles. The van der Waals surface area contributed by atoms with Crippen molar-refractivity contribution >= 4 is 32.5 Å². The lowest BCUT2D eigenvalue weighted by Gasteiger charge is -2.16. The van der Waals surface area contributed by atoms with Crippen LogP contribution < -0.4 is 11.1 Å². The highest BCUT2D eigenvalue weighted by atomic mass is 32.2. The quantitative estimate of drug-likeness (QED) is 0.846. The molecule has 0 aliphatic heterocycles. The Labute approximate surface area is 116 Å². The topological polar surface area (TPSA) is 85.1 Å². The summed E-state index contributed by atoms with van der Waals surface area (Å²) in [5, 5.41) is 6.00. The number of hydrogen-bond donors (Lipinski definition) is 2. The van der Waals surface area contributed by atoms with Crippen LogP contribution in [0, 0.1) is 0 Å². The monoisotopic (exact) mass is 297 g/mol. The lowest BCUT2D eigenvalue weighted by molar-refractivity contribution is 0.602. The molecule has 0 fully saturated rings. The summed E-state index contributed by atoms with van der Waals surface area (Å²) < 4.78 is 23.2. The van der Waals surface area contributed by atoms with Gasteiger partial charge in [0.15, 0.2) is 9.84 Å². The number of benzene rings is 1. The van der Waals surface area contributed by atoms with Gasteiger partial charge in [-0.25, -0.2) is 13.4 Å². The van der Waals surface area contributed by atoms with Crippen molar-refractivity contribution in [1.29, 1.82) is 0 Å². The summed E-state index contributed by atoms with van der Waals surface area (Å²) in [7, 11) is -3.32. The molecule has 7 heteroatoms. The molecule has 0 spiro atoms. The first-order valence-electron chi connectivity index (χ1n) is 5.64. The molecular formula is C12H15N3O2S2. The summed E-state index contributed by atoms with van der Waals surface area (Å²) >= 11 is 1.53. The molecule has 5 nitrogen and oxygen atoms in total. The molecule has 1 aromatic heterocycles. The standard InChI is InChI=1S/C12H15N3O2S2/c1-8(12-14-6-7-18-12)15-9-4-3-5-10(11(9)13)19(2,16)17/h3-8,15H,13H2,1-2H3. The molecule has 102 valence electrons. The van der Waals surface area contributed by atoms with Crippen molar-refractivity contribution < 1.29 is 8.42 Å². The maximum absolute atomic E-state index is 11.6. The zero-order valence-electron chi connectivity index (χ0n) is 10.6. The van der Waals surface area contributed by atoms with Crippen molar-refractivity contribution in [2.75, 3.05) is 17.3 Å². The molecule has 0 aliphatic rings. The first-order chi connectivity index (χ1) is 8.89. The van der Waals surface area contributed by atoms with Gasteiger partial charge in [0.25, 0.3) is 0 Å². The van der Waals surface area contributed by atoms with Gasteiger partial charge in [-0.2, -0.15) is 0 Å². The van der Waals surface area contributed by atoms with Crippen LogP contribution in [0.5, 0.6) is 0 Å². The molecule has 3 N–H and O–H groups in total. The normalized spacial score (nSPS) is 13.2. The number of anilines is 2. The summed E-state index contributed by atoms with van der Waals surface area (Å²) in [4.78, 5) is 4.35. The van der Waals surface area contributed by atoms with E-state index in [2.05, 4.69) is 10.3 Å². The van der Waals surface area contributed by atoms with Crippen molar-refractivity contribution in [2.45, 2.75) is 17.9 Å². The maximum Gasteiger partial charge on any atom is 0.177 e. The summed E-state index contributed by atoms with van der Waals surface area (Å²) in [6.07, 6.45) is 2.88. The first-order valence-corrected chi connectivity index (χ1v) is 8.41. The van der Waals surface area contributed by atoms with Crippen LogP contribution in [0.25, 0.3) is 0 Å². The molecule has 2 aromatic rings. The molecule has 0 aliphatic carbocycles. The number of thiazole rings is 1. The Morgan fingerprint density at radius 3 is 2.74 bits per heavy atom. The lowest BCUT2D eigenvalue weighted by atomic mass is 10.2. The van der Waals surface area contributed by atoms with Crippen LogP contribution in [0.4, 0.5) is 11.4 Å². The van der Waals surface area contributed by atoms with Gasteiger partial charge in [-0.15, -0.1) is 11.3 Å². The number of nitrogen functional groups attached to an aromatic ring is 1. The minimum atomic E-state index is -3.32. The van der Waals surface area contributed by atoms with E-state index in [1.54, 1.807) is 18.3 Å². The van der Waals surface area contributed by atoms with Gasteiger partial charge in [0.1, 0.15) is 5.01 Å². The SMILES string of the molecule is CC(Nc1cccc(S(C)(=O)=O)c1N)c1nccs1. The number of nitrogens with one attached hydrogen (secondary N) is 1. The van der Waals surface area contributed by atoms with Crippen molar-refractivity contribution in [1.82, 2.24) is 4.98 Å². The summed E-state index contributed by atoms with van der Waals surface area (Å²) in [5.41, 5.74) is 6.76. The van der Waals surface area contributed by atoms with E-state index in [0.717, 1.165) is 11.3 Å². The third kappa shape index (κ3) is 3.05. The Kier molecular flexibility index (Phi) is 3.77. The molecule has 1 atom stereocenters. The van der Waals surface area contributed by atoms with E-state index in [4.69, 9.17) is 5.73 Å². The summed E-state index contributed by atoms with van der Waals surface area (Å²) in [6, 6.07) is 4.90. The average Bonchev–Trinajstić information content (AvgIpc) is 2.83. The smallest absolute Gasteiger partial charge is 0.177 e. The van der Waals surface area contributed by atoms with Crippen molar-refractivity contribution in [3.63, 3.8) is 0 Å². The molecule has 0 radical (unpaired) electrons. The van der Waals surface area contributed by atoms with Crippen LogP contribution in [0.3, 0.4) is 0 Å². The van der Waals surface area contributed by atoms with Crippen LogP contribution >= 0.6 is 11.3 Å². The molecule has 2 rings (SSSR count). The number of nitrogens with two attached hydrogens (primary N) is 1. The highest BCUT2D eigenvalue weighted by Crippen LogP contribution is 2.29. The number of hydrogen-bond acceptors (Lipinski definition) is 6. The fraction of sp³-hybridized carbons (Fsp3) is 0.250. The molecule has 1 heterocycles. The fourth-order valence-corrected chi connectivity index (χ4v) is 3.22. The number of nitrogens with zero attached hydrogens (tertiary/aromatic N) is 1. The Balaban J connectivity index is 2.32. The minimum absolute atomic E-state index is 0.0305. The summed E-state index contributed by atoms with van der Waals surface area (Å²) in [5.74, 6) is 0. The number of para-hydroxylation sites is 1. The van der Waals surface area contributed by atoms with Crippen molar-refractivity contribution in [2.24, 2.45) is 0 Å². The third-order valence-electron chi connectivity index (χ3n) is 2.66. The Morgan fingerprint density at radius 2 is 2.16 bits per heavy atom. The number of rotatable bonds is 4. The van der Waals surface area contributed by atoms with E-state index < -0.39 is 9.84 Å². The van der Waals surface area contributed by atoms with Crippen molar-refractivity contribution in [3.05, 3.63) is 34.8 Å². The zero-order valence-corrected chi connectivity index (χ0v) is 12.3. The summed E-state index contributed by atoms with van der Waals surface area (Å²) in [6.45, 7) is 1.95. The second kappa shape index (κ2) is 5.18. The zero-order chi connectivity index (χ0) is 14.0. The van der Waals surface area contributed by atoms with Gasteiger partial charge < -0.3 is 11.1 Å². The molecule has 1 aromatic carbocycles. The van der Waals surface area contributed by atoms with Crippen LogP contribution in [-0.4, -0.2) is 19.7 Å². The van der Waals surface area contributed by atoms with E-state index in [9.17, 15) is 8.42 Å². The van der Waals surface area contributed by atoms with E-state index >= 15 is 0 Å². The molecule has 0 amide bonds. The van der Waals surface area contributed by atoms with E-state index in [1.165, 1.54) is 17.4 Å². The number of sulfone groups is 1. The van der Waals surface area contributed by atoms with Gasteiger partial charge in [-0.1, -0.05) is 6.07 Å². The van der Waals surface area contributed by atoms with Gasteiger partial charge in [-0.3, -0.25) is 0 Å². The van der Waals surface area contributed by atoms with Crippen LogP contribution in [0.1, 0.15) is 18.0 Å². The molecule has 0 bridgehead atoms. The highest BCUT2D eigenvalue weighted by molar-refractivity contribution is 7.90. The van der Waals surface area contributed by atoms with Gasteiger partial charge in [0, 0.05) is 17.8 Å². The third-order valence-corrected chi connectivity index (χ3v) is 4.77. The Hall–Kier alpha value is -1.60. The second-order valence-electron chi connectivity index (χ2n) is 4.23. The predicted molar refractivity (Wildman–Crippen MR) is 78.1 cm³/mol. The van der Waals surface area contributed by atoms with Gasteiger partial charge in [-0.05, 0) is 19.1 Å². The molecule has 19 heavy (non-hydrogen) atoms. The van der Waals surface area contributed by atoms with Gasteiger partial charge in [0.2, 0.25) is 0 Å². The Morgan fingerprint density at radius 1 is 1.42 bits per heavy atom. The van der Waals surface area contributed by atoms with Crippen molar-refractivity contribution in [3.8, 4) is 0 Å². The molecular weight excluding hydrogens is 282 g/mol. The van der Waals surface area contributed by atoms with E-state index in [0.29, 0.717) is 5.69 Å². The maximum atomic E-state index is 11.6. The Bertz CT molecular complexity index is 666. The van der Waals surface area contributed by atoms with Gasteiger partial charge in [0.05, 0.1) is 22.3 Å². The van der Waals surface area contributed by atoms with Crippen LogP contribution in [-0.2, 0) is 9.84 Å². The first kappa shape index (κ1) is 13.8. The van der Waals surface area contributed by atoms with Crippen LogP contribution in [0.15, 0.2) is 34.7 Å². The molecule has 1 unspecified atom stereocenters. The average molecular weight is 297 g/mol. The fourth-order valence-electron chi connectivity index (χ4n) is 1.74. The second-order valence-corrected chi connectivity index (χ2v) is 7.14. The predicted octanol–water partition coefficient (Wildman–Crippen LogP) is 2.30. The molecule has 0 saturated heterocycles. The largest absolute Gasteiger partial charge is 0.396 e. The van der Waals surface area contributed by atoms with Gasteiger partial charge >= 0.3 is 0 Å². The van der Waals surface area contributed by atoms with E-state index in [1.807, 2.05) is 12.3 Å². The minimum Gasteiger partial charge on any atom is -0.396 e. The highest BCUT2D eigenvalue weighted by Gasteiger charge is 2.16. The van der Waals surface area contributed by atoms with E-state index in [-0.39, 0.29) is 16.6 Å².